The molecule has 1 atom stereocenters. The highest BCUT2D eigenvalue weighted by atomic mass is 32.2. The minimum absolute atomic E-state index is 0.0297. The summed E-state index contributed by atoms with van der Waals surface area (Å²) in [5.41, 5.74) is 0.556. The minimum Gasteiger partial charge on any atom is -0.355 e. The molecular weight excluding hydrogens is 445 g/mol. The van der Waals surface area contributed by atoms with Crippen LogP contribution in [0.3, 0.4) is 0 Å². The molecule has 7 nitrogen and oxygen atoms in total. The van der Waals surface area contributed by atoms with Crippen molar-refractivity contribution in [3.8, 4) is 0 Å². The van der Waals surface area contributed by atoms with Crippen molar-refractivity contribution >= 4 is 28.1 Å². The number of sulfonamides is 1. The van der Waals surface area contributed by atoms with Crippen molar-refractivity contribution in [2.45, 2.75) is 50.3 Å². The van der Waals surface area contributed by atoms with E-state index < -0.39 is 15.8 Å². The van der Waals surface area contributed by atoms with Crippen molar-refractivity contribution in [1.29, 1.82) is 0 Å². The lowest BCUT2D eigenvalue weighted by atomic mass is 9.98. The second-order valence-electron chi connectivity index (χ2n) is 8.76. The van der Waals surface area contributed by atoms with Crippen LogP contribution in [0.15, 0.2) is 33.7 Å². The van der Waals surface area contributed by atoms with Crippen molar-refractivity contribution in [3.63, 3.8) is 0 Å². The molecule has 0 bridgehead atoms. The van der Waals surface area contributed by atoms with E-state index >= 15 is 0 Å². The number of benzene rings is 1. The van der Waals surface area contributed by atoms with Crippen LogP contribution in [0.2, 0.25) is 0 Å². The Hall–Kier alpha value is -2.52. The van der Waals surface area contributed by atoms with Crippen LogP contribution < -0.4 is 0 Å². The largest absolute Gasteiger partial charge is 0.355 e. The summed E-state index contributed by atoms with van der Waals surface area (Å²) in [6, 6.07) is 6.20. The average Bonchev–Trinajstić information content (AvgIpc) is 3.00. The summed E-state index contributed by atoms with van der Waals surface area (Å²) in [6.07, 6.45) is 8.45. The Labute approximate surface area is 194 Å². The van der Waals surface area contributed by atoms with Gasteiger partial charge in [0.25, 0.3) is 0 Å². The van der Waals surface area contributed by atoms with Gasteiger partial charge in [0, 0.05) is 31.7 Å². The molecule has 4 rings (SSSR count). The number of piperidine rings is 1. The number of aryl methyl sites for hydroxylation is 1. The highest BCUT2D eigenvalue weighted by Gasteiger charge is 2.38. The number of amides is 1. The summed E-state index contributed by atoms with van der Waals surface area (Å²) in [5.74, 6) is -0.653. The number of halogens is 1. The minimum atomic E-state index is -3.94. The van der Waals surface area contributed by atoms with Gasteiger partial charge in [-0.15, -0.1) is 0 Å². The van der Waals surface area contributed by atoms with Gasteiger partial charge in [-0.05, 0) is 50.8 Å². The van der Waals surface area contributed by atoms with Crippen LogP contribution in [0.1, 0.15) is 55.5 Å². The zero-order chi connectivity index (χ0) is 23.4. The fraction of sp³-hybridized carbons (Fsp3) is 0.500. The molecule has 3 heterocycles. The summed E-state index contributed by atoms with van der Waals surface area (Å²) in [6.45, 7) is 3.56. The monoisotopic (exact) mass is 475 g/mol. The van der Waals surface area contributed by atoms with Gasteiger partial charge in [0.1, 0.15) is 11.5 Å². The van der Waals surface area contributed by atoms with Crippen LogP contribution in [0, 0.1) is 18.7 Å². The van der Waals surface area contributed by atoms with Crippen LogP contribution in [-0.4, -0.2) is 54.9 Å². The molecule has 0 spiro atoms. The lowest BCUT2D eigenvalue weighted by Crippen LogP contribution is -2.47. The van der Waals surface area contributed by atoms with E-state index in [1.165, 1.54) is 22.5 Å². The van der Waals surface area contributed by atoms with E-state index in [1.807, 2.05) is 4.90 Å². The zero-order valence-electron chi connectivity index (χ0n) is 18.9. The number of hydrogen-bond donors (Lipinski definition) is 0. The first kappa shape index (κ1) is 23.6. The van der Waals surface area contributed by atoms with E-state index in [4.69, 9.17) is 4.52 Å². The lowest BCUT2D eigenvalue weighted by molar-refractivity contribution is -0.136. The van der Waals surface area contributed by atoms with Crippen LogP contribution >= 0.6 is 0 Å². The summed E-state index contributed by atoms with van der Waals surface area (Å²) in [7, 11) is -3.94. The van der Waals surface area contributed by atoms with E-state index in [2.05, 4.69) is 5.16 Å². The van der Waals surface area contributed by atoms with E-state index in [0.717, 1.165) is 38.8 Å². The van der Waals surface area contributed by atoms with Gasteiger partial charge < -0.3 is 9.42 Å². The predicted octanol–water partition coefficient (Wildman–Crippen LogP) is 4.10. The summed E-state index contributed by atoms with van der Waals surface area (Å²) in [5, 5.41) is 3.85. The van der Waals surface area contributed by atoms with Crippen LogP contribution in [0.4, 0.5) is 4.39 Å². The van der Waals surface area contributed by atoms with Crippen LogP contribution in [-0.2, 0) is 14.8 Å². The predicted molar refractivity (Wildman–Crippen MR) is 123 cm³/mol. The third kappa shape index (κ3) is 5.19. The molecule has 0 radical (unpaired) electrons. The Morgan fingerprint density at radius 3 is 2.55 bits per heavy atom. The maximum Gasteiger partial charge on any atom is 0.248 e. The molecule has 2 fully saturated rings. The molecule has 1 amide bonds. The Balaban J connectivity index is 1.55. The number of nitrogens with zero attached hydrogens (tertiary/aromatic N) is 3. The number of rotatable bonds is 5. The molecule has 0 aliphatic carbocycles. The molecule has 178 valence electrons. The van der Waals surface area contributed by atoms with Crippen molar-refractivity contribution in [1.82, 2.24) is 14.4 Å². The molecule has 0 saturated carbocycles. The highest BCUT2D eigenvalue weighted by Crippen LogP contribution is 2.30. The molecule has 33 heavy (non-hydrogen) atoms. The lowest BCUT2D eigenvalue weighted by Gasteiger charge is -2.34. The summed E-state index contributed by atoms with van der Waals surface area (Å²) >= 11 is 0. The Kier molecular flexibility index (Phi) is 7.29. The average molecular weight is 476 g/mol. The first-order chi connectivity index (χ1) is 15.9. The van der Waals surface area contributed by atoms with Gasteiger partial charge in [0.05, 0.1) is 5.92 Å². The quantitative estimate of drug-likeness (QED) is 0.650. The summed E-state index contributed by atoms with van der Waals surface area (Å²) < 4.78 is 47.7. The molecule has 0 N–H and O–H groups in total. The second kappa shape index (κ2) is 10.2. The van der Waals surface area contributed by atoms with Crippen molar-refractivity contribution in [3.05, 3.63) is 47.1 Å². The first-order valence-corrected chi connectivity index (χ1v) is 13.0. The third-order valence-corrected chi connectivity index (χ3v) is 8.43. The highest BCUT2D eigenvalue weighted by molar-refractivity contribution is 7.89. The van der Waals surface area contributed by atoms with Gasteiger partial charge in [0.15, 0.2) is 10.7 Å². The van der Waals surface area contributed by atoms with Gasteiger partial charge in [-0.1, -0.05) is 36.2 Å². The van der Waals surface area contributed by atoms with E-state index in [1.54, 1.807) is 25.1 Å². The van der Waals surface area contributed by atoms with E-state index in [9.17, 15) is 17.6 Å². The molecule has 2 saturated heterocycles. The van der Waals surface area contributed by atoms with Gasteiger partial charge in [-0.2, -0.15) is 4.31 Å². The molecule has 2 aliphatic rings. The van der Waals surface area contributed by atoms with Crippen LogP contribution in [0.5, 0.6) is 0 Å². The number of carbonyl (C=O) groups excluding carboxylic acids is 1. The standard InChI is InChI=1S/C24H30FN3O4S/c1-18-23(22(32-26-18)13-12-19-9-4-5-11-21(19)25)33(30,31)28-16-8-10-20(17-28)24(29)27-14-6-2-3-7-15-27/h4-5,9,11-13,20H,2-3,6-8,10,14-17H2,1H3/b13-12+/t20-/m0/s1. The third-order valence-electron chi connectivity index (χ3n) is 6.40. The topological polar surface area (TPSA) is 83.7 Å². The Morgan fingerprint density at radius 1 is 1.09 bits per heavy atom. The molecule has 2 aliphatic heterocycles. The fourth-order valence-electron chi connectivity index (χ4n) is 4.62. The second-order valence-corrected chi connectivity index (χ2v) is 10.6. The van der Waals surface area contributed by atoms with Gasteiger partial charge in [0.2, 0.25) is 15.9 Å². The number of hydrogen-bond acceptors (Lipinski definition) is 5. The number of carbonyl (C=O) groups is 1. The van der Waals surface area contributed by atoms with E-state index in [0.29, 0.717) is 24.9 Å². The first-order valence-electron chi connectivity index (χ1n) is 11.6. The fourth-order valence-corrected chi connectivity index (χ4v) is 6.39. The van der Waals surface area contributed by atoms with Crippen LogP contribution in [0.25, 0.3) is 12.2 Å². The molecule has 1 aromatic heterocycles. The zero-order valence-corrected chi connectivity index (χ0v) is 19.7. The van der Waals surface area contributed by atoms with Crippen molar-refractivity contribution < 1.29 is 22.1 Å². The van der Waals surface area contributed by atoms with Gasteiger partial charge in [-0.25, -0.2) is 12.8 Å². The maximum atomic E-state index is 14.0. The van der Waals surface area contributed by atoms with Gasteiger partial charge in [-0.3, -0.25) is 4.79 Å². The van der Waals surface area contributed by atoms with Crippen molar-refractivity contribution in [2.75, 3.05) is 26.2 Å². The summed E-state index contributed by atoms with van der Waals surface area (Å²) in [4.78, 5) is 15.0. The smallest absolute Gasteiger partial charge is 0.248 e. The van der Waals surface area contributed by atoms with E-state index in [-0.39, 0.29) is 34.7 Å². The van der Waals surface area contributed by atoms with Gasteiger partial charge >= 0.3 is 0 Å². The Bertz CT molecular complexity index is 1120. The number of aromatic nitrogens is 1. The molecular formula is C24H30FN3O4S. The van der Waals surface area contributed by atoms with Crippen molar-refractivity contribution in [2.24, 2.45) is 5.92 Å². The molecule has 2 aromatic rings. The Morgan fingerprint density at radius 2 is 1.82 bits per heavy atom. The molecule has 9 heteroatoms. The number of likely N-dealkylation sites (tertiary alicyclic amines) is 1. The maximum absolute atomic E-state index is 14.0. The molecule has 0 unspecified atom stereocenters. The molecule has 1 aromatic carbocycles. The SMILES string of the molecule is Cc1noc(/C=C/c2ccccc2F)c1S(=O)(=O)N1CCC[C@H](C(=O)N2CCCCCC2)C1. The normalized spacial score (nSPS) is 20.8.